The molecule has 0 amide bonds. The van der Waals surface area contributed by atoms with E-state index >= 15 is 0 Å². The minimum Gasteiger partial charge on any atom is -0.318 e. The van der Waals surface area contributed by atoms with Crippen LogP contribution in [0.15, 0.2) is 22.1 Å². The number of aromatic nitrogens is 2. The second-order valence-corrected chi connectivity index (χ2v) is 5.32. The Bertz CT molecular complexity index is 460. The van der Waals surface area contributed by atoms with Crippen molar-refractivity contribution in [1.82, 2.24) is 9.78 Å². The third-order valence-corrected chi connectivity index (χ3v) is 4.21. The second kappa shape index (κ2) is 4.25. The number of nitrogens with two attached hydrogens (primary N) is 1. The summed E-state index contributed by atoms with van der Waals surface area (Å²) in [4.78, 5) is 0.959. The molecule has 0 saturated heterocycles. The molecule has 1 atom stereocenters. The highest BCUT2D eigenvalue weighted by Gasteiger charge is 2.19. The summed E-state index contributed by atoms with van der Waals surface area (Å²) in [6.45, 7) is 0. The summed E-state index contributed by atoms with van der Waals surface area (Å²) in [5.74, 6) is 0. The maximum absolute atomic E-state index is 6.14. The first-order valence-electron chi connectivity index (χ1n) is 4.27. The molecule has 0 saturated carbocycles. The normalized spacial score (nSPS) is 13.1. The molecule has 15 heavy (non-hydrogen) atoms. The largest absolute Gasteiger partial charge is 0.318 e. The van der Waals surface area contributed by atoms with Gasteiger partial charge in [-0.15, -0.1) is 11.3 Å². The number of thiophene rings is 1. The molecule has 6 heteroatoms. The van der Waals surface area contributed by atoms with Gasteiger partial charge in [0.25, 0.3) is 0 Å². The van der Waals surface area contributed by atoms with Gasteiger partial charge in [-0.2, -0.15) is 5.10 Å². The molecule has 2 aromatic rings. The summed E-state index contributed by atoms with van der Waals surface area (Å²) in [6.07, 6.45) is 1.73. The lowest BCUT2D eigenvalue weighted by Gasteiger charge is -2.11. The summed E-state index contributed by atoms with van der Waals surface area (Å²) < 4.78 is 2.66. The van der Waals surface area contributed by atoms with Crippen LogP contribution in [0.2, 0.25) is 5.02 Å². The van der Waals surface area contributed by atoms with Gasteiger partial charge in [0.2, 0.25) is 0 Å². The van der Waals surface area contributed by atoms with Crippen molar-refractivity contribution in [3.05, 3.63) is 37.7 Å². The average molecular weight is 307 g/mol. The maximum atomic E-state index is 6.14. The first-order chi connectivity index (χ1) is 7.11. The molecule has 0 aliphatic rings. The van der Waals surface area contributed by atoms with Crippen LogP contribution in [0, 0.1) is 0 Å². The molecule has 2 heterocycles. The van der Waals surface area contributed by atoms with Crippen LogP contribution in [0.3, 0.4) is 0 Å². The summed E-state index contributed by atoms with van der Waals surface area (Å²) >= 11 is 11.0. The van der Waals surface area contributed by atoms with E-state index in [4.69, 9.17) is 17.3 Å². The van der Waals surface area contributed by atoms with Crippen LogP contribution < -0.4 is 5.73 Å². The Kier molecular flexibility index (Phi) is 3.16. The highest BCUT2D eigenvalue weighted by Crippen LogP contribution is 2.33. The van der Waals surface area contributed by atoms with Crippen molar-refractivity contribution in [2.75, 3.05) is 0 Å². The Balaban J connectivity index is 2.45. The fourth-order valence-electron chi connectivity index (χ4n) is 1.42. The number of hydrogen-bond acceptors (Lipinski definition) is 3. The predicted octanol–water partition coefficient (Wildman–Crippen LogP) is 2.95. The van der Waals surface area contributed by atoms with Crippen molar-refractivity contribution in [3.8, 4) is 0 Å². The molecule has 0 aromatic carbocycles. The van der Waals surface area contributed by atoms with E-state index in [-0.39, 0.29) is 6.04 Å². The van der Waals surface area contributed by atoms with E-state index in [9.17, 15) is 0 Å². The molecule has 0 spiro atoms. The van der Waals surface area contributed by atoms with E-state index in [2.05, 4.69) is 21.0 Å². The first kappa shape index (κ1) is 11.1. The highest BCUT2D eigenvalue weighted by molar-refractivity contribution is 9.10. The third-order valence-electron chi connectivity index (χ3n) is 2.16. The van der Waals surface area contributed by atoms with E-state index in [0.29, 0.717) is 5.02 Å². The number of hydrogen-bond donors (Lipinski definition) is 1. The quantitative estimate of drug-likeness (QED) is 0.927. The van der Waals surface area contributed by atoms with E-state index in [1.54, 1.807) is 22.2 Å². The number of halogens is 2. The van der Waals surface area contributed by atoms with Crippen molar-refractivity contribution in [3.63, 3.8) is 0 Å². The lowest BCUT2D eigenvalue weighted by atomic mass is 10.2. The van der Waals surface area contributed by atoms with E-state index < -0.39 is 0 Å². The summed E-state index contributed by atoms with van der Waals surface area (Å²) in [5, 5.41) is 6.77. The Morgan fingerprint density at radius 2 is 2.40 bits per heavy atom. The van der Waals surface area contributed by atoms with Crippen molar-refractivity contribution < 1.29 is 0 Å². The van der Waals surface area contributed by atoms with Gasteiger partial charge in [-0.3, -0.25) is 4.68 Å². The van der Waals surface area contributed by atoms with Crippen LogP contribution in [0.4, 0.5) is 0 Å². The van der Waals surface area contributed by atoms with Crippen LogP contribution in [0.1, 0.15) is 16.6 Å². The smallest absolute Gasteiger partial charge is 0.0843 e. The summed E-state index contributed by atoms with van der Waals surface area (Å²) in [6, 6.07) is 1.62. The maximum Gasteiger partial charge on any atom is 0.0843 e. The molecular weight excluding hydrogens is 298 g/mol. The van der Waals surface area contributed by atoms with Crippen molar-refractivity contribution in [2.45, 2.75) is 6.04 Å². The SMILES string of the molecule is Cn1ncc(Br)c1C(N)c1sccc1Cl. The molecule has 80 valence electrons. The average Bonchev–Trinajstić information content (AvgIpc) is 2.73. The lowest BCUT2D eigenvalue weighted by Crippen LogP contribution is -2.15. The molecule has 1 unspecified atom stereocenters. The number of rotatable bonds is 2. The van der Waals surface area contributed by atoms with Crippen LogP contribution in [-0.2, 0) is 7.05 Å². The fraction of sp³-hybridized carbons (Fsp3) is 0.222. The number of nitrogens with zero attached hydrogens (tertiary/aromatic N) is 2. The van der Waals surface area contributed by atoms with Gasteiger partial charge in [0.1, 0.15) is 0 Å². The third kappa shape index (κ3) is 1.97. The van der Waals surface area contributed by atoms with Crippen LogP contribution >= 0.6 is 38.9 Å². The molecule has 0 aliphatic heterocycles. The van der Waals surface area contributed by atoms with Gasteiger partial charge in [-0.25, -0.2) is 0 Å². The highest BCUT2D eigenvalue weighted by atomic mass is 79.9. The molecule has 0 radical (unpaired) electrons. The summed E-state index contributed by atoms with van der Waals surface area (Å²) in [7, 11) is 1.86. The Morgan fingerprint density at radius 1 is 1.67 bits per heavy atom. The standard InChI is InChI=1S/C9H9BrClN3S/c1-14-8(5(10)4-13-14)7(12)9-6(11)2-3-15-9/h2-4,7H,12H2,1H3. The predicted molar refractivity (Wildman–Crippen MR) is 66.3 cm³/mol. The second-order valence-electron chi connectivity index (χ2n) is 3.11. The molecule has 2 N–H and O–H groups in total. The van der Waals surface area contributed by atoms with Crippen molar-refractivity contribution in [2.24, 2.45) is 12.8 Å². The molecule has 2 aromatic heterocycles. The van der Waals surface area contributed by atoms with Crippen LogP contribution in [0.25, 0.3) is 0 Å². The van der Waals surface area contributed by atoms with Crippen molar-refractivity contribution >= 4 is 38.9 Å². The Labute approximate surface area is 105 Å². The van der Waals surface area contributed by atoms with Crippen molar-refractivity contribution in [1.29, 1.82) is 0 Å². The molecule has 3 nitrogen and oxygen atoms in total. The van der Waals surface area contributed by atoms with E-state index in [0.717, 1.165) is 15.0 Å². The van der Waals surface area contributed by atoms with E-state index in [1.165, 1.54) is 0 Å². The first-order valence-corrected chi connectivity index (χ1v) is 6.32. The minimum atomic E-state index is -0.237. The number of aryl methyl sites for hydroxylation is 1. The van der Waals surface area contributed by atoms with Gasteiger partial charge in [0, 0.05) is 11.9 Å². The zero-order valence-corrected chi connectivity index (χ0v) is 11.1. The van der Waals surface area contributed by atoms with Gasteiger partial charge < -0.3 is 5.73 Å². The summed E-state index contributed by atoms with van der Waals surface area (Å²) in [5.41, 5.74) is 7.07. The molecule has 0 fully saturated rings. The molecule has 2 rings (SSSR count). The van der Waals surface area contributed by atoms with E-state index in [1.807, 2.05) is 18.5 Å². The molecule has 0 aliphatic carbocycles. The van der Waals surface area contributed by atoms with Crippen LogP contribution in [0.5, 0.6) is 0 Å². The molecule has 0 bridgehead atoms. The zero-order valence-electron chi connectivity index (χ0n) is 7.95. The lowest BCUT2D eigenvalue weighted by molar-refractivity contribution is 0.676. The zero-order chi connectivity index (χ0) is 11.0. The Hall–Kier alpha value is -0.360. The molecular formula is C9H9BrClN3S. The van der Waals surface area contributed by atoms with Gasteiger partial charge in [0.05, 0.1) is 27.4 Å². The fourth-order valence-corrected chi connectivity index (χ4v) is 3.19. The van der Waals surface area contributed by atoms with Gasteiger partial charge in [-0.05, 0) is 27.4 Å². The Morgan fingerprint density at radius 3 is 2.87 bits per heavy atom. The van der Waals surface area contributed by atoms with Gasteiger partial charge in [-0.1, -0.05) is 11.6 Å². The van der Waals surface area contributed by atoms with Gasteiger partial charge in [0.15, 0.2) is 0 Å². The minimum absolute atomic E-state index is 0.237. The topological polar surface area (TPSA) is 43.8 Å². The van der Waals surface area contributed by atoms with Gasteiger partial charge >= 0.3 is 0 Å². The van der Waals surface area contributed by atoms with Crippen LogP contribution in [-0.4, -0.2) is 9.78 Å². The monoisotopic (exact) mass is 305 g/mol.